The molecule has 1 saturated heterocycles. The molecule has 1 saturated carbocycles. The van der Waals surface area contributed by atoms with Gasteiger partial charge in [-0.2, -0.15) is 4.98 Å². The molecule has 1 aliphatic heterocycles. The standard InChI is InChI=1S/C14H23N3O3/c1-2-19-14(5-3-4-6-14)11-16-12(20-17-11)13(18)7-9-15-10-8-13/h15,18H,2-10H2,1H3. The number of hydrogen-bond donors (Lipinski definition) is 2. The van der Waals surface area contributed by atoms with Crippen molar-refractivity contribution < 1.29 is 14.4 Å². The third kappa shape index (κ3) is 2.36. The molecular formula is C14H23N3O3. The molecule has 0 atom stereocenters. The second kappa shape index (κ2) is 5.42. The molecule has 2 fully saturated rings. The van der Waals surface area contributed by atoms with Crippen molar-refractivity contribution in [2.24, 2.45) is 0 Å². The number of rotatable bonds is 4. The predicted molar refractivity (Wildman–Crippen MR) is 72.1 cm³/mol. The van der Waals surface area contributed by atoms with Crippen molar-refractivity contribution >= 4 is 0 Å². The Hall–Kier alpha value is -0.980. The largest absolute Gasteiger partial charge is 0.380 e. The van der Waals surface area contributed by atoms with Crippen LogP contribution in [-0.4, -0.2) is 34.9 Å². The number of nitrogens with zero attached hydrogens (tertiary/aromatic N) is 2. The molecule has 20 heavy (non-hydrogen) atoms. The molecule has 2 N–H and O–H groups in total. The number of ether oxygens (including phenoxy) is 1. The Balaban J connectivity index is 1.85. The van der Waals surface area contributed by atoms with Gasteiger partial charge in [0.1, 0.15) is 11.2 Å². The fraction of sp³-hybridized carbons (Fsp3) is 0.857. The van der Waals surface area contributed by atoms with E-state index in [9.17, 15) is 5.11 Å². The highest BCUT2D eigenvalue weighted by atomic mass is 16.5. The van der Waals surface area contributed by atoms with Crippen molar-refractivity contribution in [3.05, 3.63) is 11.7 Å². The number of piperidine rings is 1. The van der Waals surface area contributed by atoms with E-state index in [-0.39, 0.29) is 0 Å². The first kappa shape index (κ1) is 14.0. The zero-order valence-electron chi connectivity index (χ0n) is 12.0. The first-order chi connectivity index (χ1) is 9.69. The van der Waals surface area contributed by atoms with E-state index in [2.05, 4.69) is 15.5 Å². The second-order valence-corrected chi connectivity index (χ2v) is 5.84. The van der Waals surface area contributed by atoms with Gasteiger partial charge in [0, 0.05) is 6.61 Å². The maximum atomic E-state index is 10.6. The van der Waals surface area contributed by atoms with E-state index in [1.54, 1.807) is 0 Å². The summed E-state index contributed by atoms with van der Waals surface area (Å²) in [5, 5.41) is 18.0. The number of nitrogens with one attached hydrogen (secondary N) is 1. The lowest BCUT2D eigenvalue weighted by Gasteiger charge is -2.29. The highest BCUT2D eigenvalue weighted by Crippen LogP contribution is 2.41. The van der Waals surface area contributed by atoms with Crippen molar-refractivity contribution in [2.75, 3.05) is 19.7 Å². The van der Waals surface area contributed by atoms with Crippen LogP contribution in [0.3, 0.4) is 0 Å². The summed E-state index contributed by atoms with van der Waals surface area (Å²) in [6.45, 7) is 4.16. The molecular weight excluding hydrogens is 258 g/mol. The topological polar surface area (TPSA) is 80.4 Å². The van der Waals surface area contributed by atoms with Gasteiger partial charge in [-0.1, -0.05) is 5.16 Å². The van der Waals surface area contributed by atoms with Crippen molar-refractivity contribution in [1.82, 2.24) is 15.5 Å². The Morgan fingerprint density at radius 3 is 2.60 bits per heavy atom. The SMILES string of the molecule is CCOC1(c2noc(C3(O)CCNCC3)n2)CCCC1. The van der Waals surface area contributed by atoms with E-state index < -0.39 is 11.2 Å². The summed E-state index contributed by atoms with van der Waals surface area (Å²) >= 11 is 0. The molecule has 1 aromatic heterocycles. The smallest absolute Gasteiger partial charge is 0.258 e. The van der Waals surface area contributed by atoms with Crippen LogP contribution >= 0.6 is 0 Å². The first-order valence-electron chi connectivity index (χ1n) is 7.60. The fourth-order valence-corrected chi connectivity index (χ4v) is 3.31. The van der Waals surface area contributed by atoms with Crippen molar-refractivity contribution in [2.45, 2.75) is 56.7 Å². The Labute approximate surface area is 118 Å². The van der Waals surface area contributed by atoms with E-state index in [1.165, 1.54) is 0 Å². The minimum atomic E-state index is -0.984. The van der Waals surface area contributed by atoms with Gasteiger partial charge in [-0.3, -0.25) is 0 Å². The quantitative estimate of drug-likeness (QED) is 0.869. The van der Waals surface area contributed by atoms with E-state index in [4.69, 9.17) is 9.26 Å². The lowest BCUT2D eigenvalue weighted by molar-refractivity contribution is -0.0469. The number of aliphatic hydroxyl groups is 1. The average molecular weight is 281 g/mol. The molecule has 6 nitrogen and oxygen atoms in total. The Morgan fingerprint density at radius 1 is 1.25 bits per heavy atom. The van der Waals surface area contributed by atoms with Crippen LogP contribution in [0.5, 0.6) is 0 Å². The van der Waals surface area contributed by atoms with Gasteiger partial charge in [0.05, 0.1) is 0 Å². The van der Waals surface area contributed by atoms with Gasteiger partial charge in [0.2, 0.25) is 5.82 Å². The monoisotopic (exact) mass is 281 g/mol. The number of aromatic nitrogens is 2. The Morgan fingerprint density at radius 2 is 1.95 bits per heavy atom. The van der Waals surface area contributed by atoms with E-state index in [0.717, 1.165) is 38.8 Å². The maximum Gasteiger partial charge on any atom is 0.258 e. The van der Waals surface area contributed by atoms with Crippen LogP contribution in [0.4, 0.5) is 0 Å². The van der Waals surface area contributed by atoms with Crippen LogP contribution in [0.15, 0.2) is 4.52 Å². The third-order valence-corrected chi connectivity index (χ3v) is 4.49. The van der Waals surface area contributed by atoms with E-state index in [0.29, 0.717) is 31.2 Å². The molecule has 2 aliphatic rings. The average Bonchev–Trinajstić information content (AvgIpc) is 3.09. The highest BCUT2D eigenvalue weighted by Gasteiger charge is 2.43. The fourth-order valence-electron chi connectivity index (χ4n) is 3.31. The zero-order chi connectivity index (χ0) is 14.1. The molecule has 6 heteroatoms. The number of hydrogen-bond acceptors (Lipinski definition) is 6. The summed E-state index contributed by atoms with van der Waals surface area (Å²) in [6, 6.07) is 0. The van der Waals surface area contributed by atoms with Crippen LogP contribution in [-0.2, 0) is 15.9 Å². The van der Waals surface area contributed by atoms with Crippen LogP contribution in [0.25, 0.3) is 0 Å². The Bertz CT molecular complexity index is 448. The molecule has 0 unspecified atom stereocenters. The molecule has 3 rings (SSSR count). The summed E-state index contributed by atoms with van der Waals surface area (Å²) in [4.78, 5) is 4.50. The molecule has 1 aliphatic carbocycles. The van der Waals surface area contributed by atoms with Crippen LogP contribution in [0.1, 0.15) is 57.2 Å². The summed E-state index contributed by atoms with van der Waals surface area (Å²) in [5.74, 6) is 0.957. The molecule has 0 radical (unpaired) electrons. The molecule has 0 amide bonds. The lowest BCUT2D eigenvalue weighted by atomic mass is 9.92. The van der Waals surface area contributed by atoms with Crippen LogP contribution in [0, 0.1) is 0 Å². The van der Waals surface area contributed by atoms with Gasteiger partial charge in [-0.15, -0.1) is 0 Å². The molecule has 0 spiro atoms. The van der Waals surface area contributed by atoms with Gasteiger partial charge < -0.3 is 19.7 Å². The second-order valence-electron chi connectivity index (χ2n) is 5.84. The summed E-state index contributed by atoms with van der Waals surface area (Å²) < 4.78 is 11.3. The Kier molecular flexibility index (Phi) is 3.79. The van der Waals surface area contributed by atoms with Gasteiger partial charge in [-0.25, -0.2) is 0 Å². The first-order valence-corrected chi connectivity index (χ1v) is 7.60. The summed E-state index contributed by atoms with van der Waals surface area (Å²) in [6.07, 6.45) is 5.32. The third-order valence-electron chi connectivity index (χ3n) is 4.49. The van der Waals surface area contributed by atoms with Gasteiger partial charge >= 0.3 is 0 Å². The van der Waals surface area contributed by atoms with E-state index >= 15 is 0 Å². The zero-order valence-corrected chi connectivity index (χ0v) is 12.0. The summed E-state index contributed by atoms with van der Waals surface area (Å²) in [7, 11) is 0. The van der Waals surface area contributed by atoms with Crippen molar-refractivity contribution in [3.8, 4) is 0 Å². The van der Waals surface area contributed by atoms with Crippen molar-refractivity contribution in [1.29, 1.82) is 0 Å². The highest BCUT2D eigenvalue weighted by molar-refractivity contribution is 5.08. The molecule has 0 aromatic carbocycles. The lowest BCUT2D eigenvalue weighted by Crippen LogP contribution is -2.40. The van der Waals surface area contributed by atoms with E-state index in [1.807, 2.05) is 6.92 Å². The van der Waals surface area contributed by atoms with Crippen LogP contribution in [0.2, 0.25) is 0 Å². The molecule has 1 aromatic rings. The van der Waals surface area contributed by atoms with Crippen LogP contribution < -0.4 is 5.32 Å². The minimum absolute atomic E-state index is 0.347. The predicted octanol–water partition coefficient (Wildman–Crippen LogP) is 1.45. The van der Waals surface area contributed by atoms with Crippen molar-refractivity contribution in [3.63, 3.8) is 0 Å². The van der Waals surface area contributed by atoms with Gasteiger partial charge in [0.25, 0.3) is 5.89 Å². The molecule has 2 heterocycles. The minimum Gasteiger partial charge on any atom is -0.380 e. The normalized spacial score (nSPS) is 24.9. The summed E-state index contributed by atoms with van der Waals surface area (Å²) in [5.41, 5.74) is -1.39. The molecule has 0 bridgehead atoms. The van der Waals surface area contributed by atoms with Gasteiger partial charge in [0.15, 0.2) is 0 Å². The van der Waals surface area contributed by atoms with Gasteiger partial charge in [-0.05, 0) is 58.5 Å². The maximum absolute atomic E-state index is 10.6. The molecule has 112 valence electrons.